The van der Waals surface area contributed by atoms with E-state index in [1.165, 1.54) is 0 Å². The van der Waals surface area contributed by atoms with Crippen LogP contribution in [0.5, 0.6) is 0 Å². The van der Waals surface area contributed by atoms with Gasteiger partial charge in [0, 0.05) is 11.7 Å². The van der Waals surface area contributed by atoms with E-state index >= 15 is 0 Å². The molecule has 16 heteroatoms. The van der Waals surface area contributed by atoms with Crippen LogP contribution in [0, 0.1) is 0 Å². The largest absolute Gasteiger partial charge is 0.469 e. The number of rotatable bonds is 15. The average molecular weight is 585 g/mol. The van der Waals surface area contributed by atoms with Crippen LogP contribution < -0.4 is 21.3 Å². The van der Waals surface area contributed by atoms with Gasteiger partial charge in [-0.05, 0) is 5.56 Å². The maximum absolute atomic E-state index is 12.5. The van der Waals surface area contributed by atoms with Crippen LogP contribution in [-0.2, 0) is 54.6 Å². The fourth-order valence-electron chi connectivity index (χ4n) is 2.82. The Balaban J connectivity index is 2.61. The first kappa shape index (κ1) is 33.6. The van der Waals surface area contributed by atoms with Crippen molar-refractivity contribution < 1.29 is 51.4 Å². The summed E-state index contributed by atoms with van der Waals surface area (Å²) < 4.78 is 36.7. The van der Waals surface area contributed by atoms with Gasteiger partial charge in [-0.1, -0.05) is 36.4 Å². The van der Waals surface area contributed by atoms with Crippen LogP contribution in [0.25, 0.3) is 0 Å². The minimum Gasteiger partial charge on any atom is -0.469 e. The van der Waals surface area contributed by atoms with Crippen molar-refractivity contribution in [2.75, 3.05) is 33.6 Å². The lowest BCUT2D eigenvalue weighted by molar-refractivity contribution is -0.143. The fraction of sp³-hybridized carbons (Fsp3) is 0.417. The van der Waals surface area contributed by atoms with Gasteiger partial charge in [0.2, 0.25) is 17.7 Å². The lowest BCUT2D eigenvalue weighted by atomic mass is 10.2. The Hall–Kier alpha value is -4.47. The lowest BCUT2D eigenvalue weighted by Crippen LogP contribution is -2.50. The molecule has 15 nitrogen and oxygen atoms in total. The summed E-state index contributed by atoms with van der Waals surface area (Å²) in [7, 11) is -1.32. The molecule has 2 unspecified atom stereocenters. The predicted molar refractivity (Wildman–Crippen MR) is 139 cm³/mol. The van der Waals surface area contributed by atoms with Crippen molar-refractivity contribution in [3.63, 3.8) is 0 Å². The molecule has 4 amide bonds. The molecule has 0 spiro atoms. The van der Waals surface area contributed by atoms with Crippen LogP contribution in [0.4, 0.5) is 4.79 Å². The van der Waals surface area contributed by atoms with E-state index in [1.807, 2.05) is 0 Å². The minimum absolute atomic E-state index is 0.0890. The number of esters is 2. The smallest absolute Gasteiger partial charge is 0.408 e. The third kappa shape index (κ3) is 15.1. The van der Waals surface area contributed by atoms with Gasteiger partial charge >= 0.3 is 18.0 Å². The standard InChI is InChI=1S/C24H32N4O11S/c1-37-21(31)11-17(9-10-40(3,35)36)27-20(30)14-25-19(29)13-26-23(33)18(12-22(32)38-2)28-24(34)39-15-16-7-5-4-6-8-16/h4-10,17-18H,11-15H2,1-3H3,(H,25,29)(H,26,33)(H,27,30)(H,28,34)/b10-9+. The molecule has 2 atom stereocenters. The first-order valence-corrected chi connectivity index (χ1v) is 13.6. The van der Waals surface area contributed by atoms with E-state index in [-0.39, 0.29) is 13.0 Å². The number of amides is 4. The summed E-state index contributed by atoms with van der Waals surface area (Å²) in [4.78, 5) is 72.2. The molecule has 0 saturated carbocycles. The maximum Gasteiger partial charge on any atom is 0.408 e. The molecule has 40 heavy (non-hydrogen) atoms. The topological polar surface area (TPSA) is 212 Å². The molecule has 0 radical (unpaired) electrons. The number of ether oxygens (including phenoxy) is 3. The van der Waals surface area contributed by atoms with Crippen molar-refractivity contribution in [3.8, 4) is 0 Å². The SMILES string of the molecule is COC(=O)CC(/C=C/S(C)(=O)=O)NC(=O)CNC(=O)CNC(=O)C(CC(=O)OC)NC(=O)OCc1ccccc1. The first-order valence-electron chi connectivity index (χ1n) is 11.7. The van der Waals surface area contributed by atoms with E-state index in [1.54, 1.807) is 30.3 Å². The zero-order chi connectivity index (χ0) is 30.1. The van der Waals surface area contributed by atoms with Crippen molar-refractivity contribution in [3.05, 3.63) is 47.4 Å². The summed E-state index contributed by atoms with van der Waals surface area (Å²) in [5, 5.41) is 9.86. The van der Waals surface area contributed by atoms with Crippen molar-refractivity contribution in [1.82, 2.24) is 21.3 Å². The molecule has 0 fully saturated rings. The third-order valence-electron chi connectivity index (χ3n) is 4.81. The van der Waals surface area contributed by atoms with Gasteiger partial charge in [0.25, 0.3) is 0 Å². The zero-order valence-corrected chi connectivity index (χ0v) is 22.9. The van der Waals surface area contributed by atoms with E-state index < -0.39 is 77.2 Å². The number of nitrogens with one attached hydrogen (secondary N) is 4. The Labute approximate surface area is 230 Å². The van der Waals surface area contributed by atoms with Crippen molar-refractivity contribution >= 4 is 45.6 Å². The molecule has 0 bridgehead atoms. The first-order chi connectivity index (χ1) is 18.8. The Morgan fingerprint density at radius 1 is 0.850 bits per heavy atom. The Morgan fingerprint density at radius 2 is 1.45 bits per heavy atom. The van der Waals surface area contributed by atoms with Crippen LogP contribution in [0.2, 0.25) is 0 Å². The highest BCUT2D eigenvalue weighted by atomic mass is 32.2. The highest BCUT2D eigenvalue weighted by Crippen LogP contribution is 2.02. The molecule has 4 N–H and O–H groups in total. The summed E-state index contributed by atoms with van der Waals surface area (Å²) in [6.07, 6.45) is 0.121. The van der Waals surface area contributed by atoms with E-state index in [0.717, 1.165) is 32.0 Å². The van der Waals surface area contributed by atoms with E-state index in [0.29, 0.717) is 5.56 Å². The number of sulfone groups is 1. The molecule has 0 aliphatic heterocycles. The monoisotopic (exact) mass is 584 g/mol. The zero-order valence-electron chi connectivity index (χ0n) is 22.1. The molecule has 220 valence electrons. The second kappa shape index (κ2) is 17.2. The second-order valence-corrected chi connectivity index (χ2v) is 10.1. The van der Waals surface area contributed by atoms with Crippen LogP contribution in [0.3, 0.4) is 0 Å². The van der Waals surface area contributed by atoms with Crippen LogP contribution in [-0.4, -0.2) is 89.8 Å². The molecule has 0 aromatic heterocycles. The summed E-state index contributed by atoms with van der Waals surface area (Å²) in [5.74, 6) is -3.99. The van der Waals surface area contributed by atoms with Gasteiger partial charge < -0.3 is 35.5 Å². The molecule has 1 aromatic carbocycles. The third-order valence-corrected chi connectivity index (χ3v) is 5.46. The summed E-state index contributed by atoms with van der Waals surface area (Å²) in [6, 6.07) is 6.26. The molecule has 0 aliphatic carbocycles. The van der Waals surface area contributed by atoms with Crippen LogP contribution in [0.15, 0.2) is 41.8 Å². The predicted octanol–water partition coefficient (Wildman–Crippen LogP) is -1.32. The molecular formula is C24H32N4O11S. The number of alkyl carbamates (subject to hydrolysis) is 1. The summed E-state index contributed by atoms with van der Waals surface area (Å²) >= 11 is 0. The highest BCUT2D eigenvalue weighted by Gasteiger charge is 2.25. The molecule has 1 rings (SSSR count). The van der Waals surface area contributed by atoms with Gasteiger partial charge in [0.1, 0.15) is 12.6 Å². The Morgan fingerprint density at radius 3 is 2.05 bits per heavy atom. The van der Waals surface area contributed by atoms with Gasteiger partial charge in [-0.2, -0.15) is 0 Å². The van der Waals surface area contributed by atoms with Gasteiger partial charge in [-0.25, -0.2) is 13.2 Å². The van der Waals surface area contributed by atoms with E-state index in [2.05, 4.69) is 30.7 Å². The minimum atomic E-state index is -3.54. The van der Waals surface area contributed by atoms with Gasteiger partial charge in [0.05, 0.1) is 46.2 Å². The van der Waals surface area contributed by atoms with Crippen molar-refractivity contribution in [2.45, 2.75) is 31.5 Å². The van der Waals surface area contributed by atoms with Gasteiger partial charge in [-0.15, -0.1) is 0 Å². The summed E-state index contributed by atoms with van der Waals surface area (Å²) in [6.45, 7) is -1.28. The normalized spacial score (nSPS) is 12.4. The number of methoxy groups -OCH3 is 2. The highest BCUT2D eigenvalue weighted by molar-refractivity contribution is 7.93. The number of hydrogen-bond donors (Lipinski definition) is 4. The lowest BCUT2D eigenvalue weighted by Gasteiger charge is -2.17. The quantitative estimate of drug-likeness (QED) is 0.140. The van der Waals surface area contributed by atoms with E-state index in [4.69, 9.17) is 4.74 Å². The van der Waals surface area contributed by atoms with Gasteiger partial charge in [-0.3, -0.25) is 24.0 Å². The van der Waals surface area contributed by atoms with Crippen LogP contribution >= 0.6 is 0 Å². The fourth-order valence-corrected chi connectivity index (χ4v) is 3.30. The van der Waals surface area contributed by atoms with E-state index in [9.17, 15) is 37.2 Å². The molecule has 1 aromatic rings. The summed E-state index contributed by atoms with van der Waals surface area (Å²) in [5.41, 5.74) is 0.690. The van der Waals surface area contributed by atoms with Crippen molar-refractivity contribution in [2.24, 2.45) is 0 Å². The van der Waals surface area contributed by atoms with Crippen LogP contribution in [0.1, 0.15) is 18.4 Å². The molecule has 0 saturated heterocycles. The maximum atomic E-state index is 12.5. The number of carbonyl (C=O) groups is 6. The van der Waals surface area contributed by atoms with Crippen molar-refractivity contribution in [1.29, 1.82) is 0 Å². The number of benzene rings is 1. The number of hydrogen-bond acceptors (Lipinski definition) is 11. The van der Waals surface area contributed by atoms with Gasteiger partial charge in [0.15, 0.2) is 9.84 Å². The molecule has 0 aliphatic rings. The average Bonchev–Trinajstić information content (AvgIpc) is 2.91. The Kier molecular flexibility index (Phi) is 14.4. The number of carbonyl (C=O) groups excluding carboxylic acids is 6. The molecular weight excluding hydrogens is 552 g/mol. The molecule has 0 heterocycles. The second-order valence-electron chi connectivity index (χ2n) is 8.15. The Bertz CT molecular complexity index is 1190.